The minimum Gasteiger partial charge on any atom is -0.463 e. The summed E-state index contributed by atoms with van der Waals surface area (Å²) in [5.41, 5.74) is 0.824. The van der Waals surface area contributed by atoms with Crippen molar-refractivity contribution < 1.29 is 28.6 Å². The molecule has 1 atom stereocenters. The number of rotatable bonds is 9. The quantitative estimate of drug-likeness (QED) is 0.534. The first-order chi connectivity index (χ1) is 12.3. The molecule has 0 saturated carbocycles. The maximum absolute atomic E-state index is 12.2. The molecule has 1 amide bonds. The number of amides is 1. The van der Waals surface area contributed by atoms with E-state index >= 15 is 0 Å². The fourth-order valence-corrected chi connectivity index (χ4v) is 2.05. The Labute approximate surface area is 154 Å². The van der Waals surface area contributed by atoms with Gasteiger partial charge in [-0.1, -0.05) is 30.3 Å². The molecule has 7 heteroatoms. The van der Waals surface area contributed by atoms with Crippen molar-refractivity contribution in [3.05, 3.63) is 35.9 Å². The molecular formula is C19H27NO6. The standard InChI is InChI=1S/C19H27NO6/c1-13(2)25-17(21)11-10-16(18(22)26-14(3)4)20-19(23)24-12-15-8-6-5-7-9-15/h5-9,13-14,16H,10-12H2,1-4H3,(H,20,23)/t16-/m0/s1. The van der Waals surface area contributed by atoms with E-state index < -0.39 is 24.1 Å². The van der Waals surface area contributed by atoms with Gasteiger partial charge in [0.2, 0.25) is 0 Å². The largest absolute Gasteiger partial charge is 0.463 e. The fourth-order valence-electron chi connectivity index (χ4n) is 2.05. The molecule has 0 aliphatic heterocycles. The van der Waals surface area contributed by atoms with E-state index in [2.05, 4.69) is 5.32 Å². The van der Waals surface area contributed by atoms with E-state index in [4.69, 9.17) is 14.2 Å². The minimum atomic E-state index is -0.986. The predicted molar refractivity (Wildman–Crippen MR) is 95.2 cm³/mol. The monoisotopic (exact) mass is 365 g/mol. The zero-order valence-corrected chi connectivity index (χ0v) is 15.7. The molecule has 0 radical (unpaired) electrons. The van der Waals surface area contributed by atoms with Crippen LogP contribution in [0.4, 0.5) is 4.79 Å². The van der Waals surface area contributed by atoms with Gasteiger partial charge in [0, 0.05) is 6.42 Å². The van der Waals surface area contributed by atoms with Gasteiger partial charge >= 0.3 is 18.0 Å². The molecule has 26 heavy (non-hydrogen) atoms. The highest BCUT2D eigenvalue weighted by Crippen LogP contribution is 2.07. The van der Waals surface area contributed by atoms with Crippen LogP contribution in [0.5, 0.6) is 0 Å². The van der Waals surface area contributed by atoms with Crippen LogP contribution in [0.25, 0.3) is 0 Å². The summed E-state index contributed by atoms with van der Waals surface area (Å²) in [5.74, 6) is -1.06. The number of benzene rings is 1. The molecule has 144 valence electrons. The first kappa shape index (κ1) is 21.5. The fraction of sp³-hybridized carbons (Fsp3) is 0.526. The molecule has 1 aromatic carbocycles. The molecule has 0 aliphatic carbocycles. The normalized spacial score (nSPS) is 11.8. The Hall–Kier alpha value is -2.57. The van der Waals surface area contributed by atoms with Crippen LogP contribution in [0, 0.1) is 0 Å². The highest BCUT2D eigenvalue weighted by molar-refractivity contribution is 5.82. The number of esters is 2. The van der Waals surface area contributed by atoms with Gasteiger partial charge in [-0.15, -0.1) is 0 Å². The van der Waals surface area contributed by atoms with Crippen molar-refractivity contribution in [2.75, 3.05) is 0 Å². The first-order valence-corrected chi connectivity index (χ1v) is 8.65. The lowest BCUT2D eigenvalue weighted by Gasteiger charge is -2.19. The molecule has 7 nitrogen and oxygen atoms in total. The Kier molecular flexibility index (Phi) is 9.19. The lowest BCUT2D eigenvalue weighted by molar-refractivity contribution is -0.151. The maximum atomic E-state index is 12.2. The molecule has 1 rings (SSSR count). The van der Waals surface area contributed by atoms with Crippen molar-refractivity contribution >= 4 is 18.0 Å². The number of hydrogen-bond acceptors (Lipinski definition) is 6. The molecule has 0 spiro atoms. The van der Waals surface area contributed by atoms with Crippen LogP contribution < -0.4 is 5.32 Å². The van der Waals surface area contributed by atoms with E-state index in [9.17, 15) is 14.4 Å². The van der Waals surface area contributed by atoms with Crippen LogP contribution >= 0.6 is 0 Å². The second kappa shape index (κ2) is 11.1. The van der Waals surface area contributed by atoms with Crippen LogP contribution in [0.15, 0.2) is 30.3 Å². The maximum Gasteiger partial charge on any atom is 0.408 e. The zero-order valence-electron chi connectivity index (χ0n) is 15.7. The van der Waals surface area contributed by atoms with Crippen LogP contribution in [0.3, 0.4) is 0 Å². The van der Waals surface area contributed by atoms with Gasteiger partial charge in [-0.3, -0.25) is 4.79 Å². The second-order valence-electron chi connectivity index (χ2n) is 6.32. The average molecular weight is 365 g/mol. The number of alkyl carbamates (subject to hydrolysis) is 1. The van der Waals surface area contributed by atoms with Crippen molar-refractivity contribution in [1.29, 1.82) is 0 Å². The molecule has 0 aliphatic rings. The van der Waals surface area contributed by atoms with Gasteiger partial charge in [0.25, 0.3) is 0 Å². The van der Waals surface area contributed by atoms with Gasteiger partial charge in [-0.05, 0) is 39.7 Å². The van der Waals surface area contributed by atoms with E-state index in [0.29, 0.717) is 0 Å². The van der Waals surface area contributed by atoms with Gasteiger partial charge in [0.05, 0.1) is 12.2 Å². The van der Waals surface area contributed by atoms with Crippen LogP contribution in [0.2, 0.25) is 0 Å². The van der Waals surface area contributed by atoms with Crippen LogP contribution in [-0.4, -0.2) is 36.3 Å². The molecule has 1 aromatic rings. The Bertz CT molecular complexity index is 585. The number of hydrogen-bond donors (Lipinski definition) is 1. The summed E-state index contributed by atoms with van der Waals surface area (Å²) in [6.45, 7) is 6.96. The summed E-state index contributed by atoms with van der Waals surface area (Å²) < 4.78 is 15.3. The number of carbonyl (C=O) groups excluding carboxylic acids is 3. The van der Waals surface area contributed by atoms with E-state index in [0.717, 1.165) is 5.56 Å². The molecular weight excluding hydrogens is 338 g/mol. The predicted octanol–water partition coefficient (Wildman–Crippen LogP) is 2.96. The number of carbonyl (C=O) groups is 3. The second-order valence-corrected chi connectivity index (χ2v) is 6.32. The van der Waals surface area contributed by atoms with E-state index in [-0.39, 0.29) is 31.7 Å². The van der Waals surface area contributed by atoms with Crippen molar-refractivity contribution in [3.8, 4) is 0 Å². The van der Waals surface area contributed by atoms with Gasteiger partial charge in [-0.25, -0.2) is 9.59 Å². The Morgan fingerprint density at radius 2 is 1.58 bits per heavy atom. The summed E-state index contributed by atoms with van der Waals surface area (Å²) in [6, 6.07) is 8.18. The van der Waals surface area contributed by atoms with Crippen LogP contribution in [-0.2, 0) is 30.4 Å². The summed E-state index contributed by atoms with van der Waals surface area (Å²) >= 11 is 0. The van der Waals surface area contributed by atoms with Crippen molar-refractivity contribution in [2.24, 2.45) is 0 Å². The molecule has 0 fully saturated rings. The SMILES string of the molecule is CC(C)OC(=O)CC[C@H](NC(=O)OCc1ccccc1)C(=O)OC(C)C. The van der Waals surface area contributed by atoms with Gasteiger partial charge in [0.15, 0.2) is 0 Å². The highest BCUT2D eigenvalue weighted by atomic mass is 16.6. The molecule has 0 heterocycles. The third kappa shape index (κ3) is 9.05. The minimum absolute atomic E-state index is 0.0188. The Morgan fingerprint density at radius 1 is 0.962 bits per heavy atom. The van der Waals surface area contributed by atoms with E-state index in [1.54, 1.807) is 27.7 Å². The highest BCUT2D eigenvalue weighted by Gasteiger charge is 2.25. The lowest BCUT2D eigenvalue weighted by atomic mass is 10.1. The summed E-state index contributed by atoms with van der Waals surface area (Å²) in [7, 11) is 0. The molecule has 0 bridgehead atoms. The first-order valence-electron chi connectivity index (χ1n) is 8.65. The summed E-state index contributed by atoms with van der Waals surface area (Å²) in [5, 5.41) is 2.46. The average Bonchev–Trinajstić information content (AvgIpc) is 2.56. The molecule has 0 saturated heterocycles. The van der Waals surface area contributed by atoms with Crippen molar-refractivity contribution in [2.45, 2.75) is 65.4 Å². The van der Waals surface area contributed by atoms with Gasteiger partial charge in [0.1, 0.15) is 12.6 Å². The van der Waals surface area contributed by atoms with Gasteiger partial charge < -0.3 is 19.5 Å². The molecule has 1 N–H and O–H groups in total. The molecule has 0 aromatic heterocycles. The topological polar surface area (TPSA) is 90.9 Å². The van der Waals surface area contributed by atoms with E-state index in [1.807, 2.05) is 30.3 Å². The van der Waals surface area contributed by atoms with Gasteiger partial charge in [-0.2, -0.15) is 0 Å². The van der Waals surface area contributed by atoms with Crippen LogP contribution in [0.1, 0.15) is 46.1 Å². The van der Waals surface area contributed by atoms with Crippen molar-refractivity contribution in [3.63, 3.8) is 0 Å². The molecule has 0 unspecified atom stereocenters. The summed E-state index contributed by atoms with van der Waals surface area (Å²) in [4.78, 5) is 35.8. The van der Waals surface area contributed by atoms with Crippen molar-refractivity contribution in [1.82, 2.24) is 5.32 Å². The number of ether oxygens (including phenoxy) is 3. The summed E-state index contributed by atoms with van der Waals surface area (Å²) in [6.07, 6.45) is -1.29. The third-order valence-corrected chi connectivity index (χ3v) is 3.15. The Morgan fingerprint density at radius 3 is 2.15 bits per heavy atom. The lowest BCUT2D eigenvalue weighted by Crippen LogP contribution is -2.43. The number of nitrogens with one attached hydrogen (secondary N) is 1. The van der Waals surface area contributed by atoms with E-state index in [1.165, 1.54) is 0 Å². The Balaban J connectivity index is 2.58. The zero-order chi connectivity index (χ0) is 19.5. The third-order valence-electron chi connectivity index (χ3n) is 3.15. The smallest absolute Gasteiger partial charge is 0.408 e.